The van der Waals surface area contributed by atoms with Crippen LogP contribution in [0.2, 0.25) is 0 Å². The number of halogens is 2. The van der Waals surface area contributed by atoms with E-state index >= 15 is 0 Å². The molecule has 0 unspecified atom stereocenters. The lowest BCUT2D eigenvalue weighted by molar-refractivity contribution is -0.385. The highest BCUT2D eigenvalue weighted by Crippen LogP contribution is 2.37. The van der Waals surface area contributed by atoms with E-state index < -0.39 is 4.92 Å². The zero-order chi connectivity index (χ0) is 18.1. The van der Waals surface area contributed by atoms with Gasteiger partial charge in [-0.25, -0.2) is 0 Å². The van der Waals surface area contributed by atoms with Crippen molar-refractivity contribution in [3.8, 4) is 0 Å². The summed E-state index contributed by atoms with van der Waals surface area (Å²) < 4.78 is 1.71. The summed E-state index contributed by atoms with van der Waals surface area (Å²) in [4.78, 5) is 25.1. The molecular weight excluding hydrogens is 492 g/mol. The Kier molecular flexibility index (Phi) is 5.38. The van der Waals surface area contributed by atoms with E-state index in [1.54, 1.807) is 30.3 Å². The van der Waals surface area contributed by atoms with Crippen molar-refractivity contribution in [1.29, 1.82) is 0 Å². The van der Waals surface area contributed by atoms with Crippen LogP contribution >= 0.6 is 55.8 Å². The third-order valence-corrected chi connectivity index (χ3v) is 5.84. The lowest BCUT2D eigenvalue weighted by atomic mass is 10.2. The quantitative estimate of drug-likeness (QED) is 0.240. The van der Waals surface area contributed by atoms with Gasteiger partial charge in [0.2, 0.25) is 0 Å². The standard InChI is InChI=1S/C16H8Br2N2O3S2/c17-10-2-4-11(5-3-10)19-15(21)14(25-16(19)24)8-9-1-6-12(18)13(7-9)20(22)23/h1-8H/b14-8-. The number of hydrogen-bond acceptors (Lipinski definition) is 5. The molecule has 1 heterocycles. The molecule has 0 atom stereocenters. The highest BCUT2D eigenvalue weighted by molar-refractivity contribution is 9.10. The Balaban J connectivity index is 1.94. The minimum Gasteiger partial charge on any atom is -0.268 e. The second-order valence-electron chi connectivity index (χ2n) is 4.96. The number of nitrogens with zero attached hydrogens (tertiary/aromatic N) is 2. The number of rotatable bonds is 3. The molecule has 0 N–H and O–H groups in total. The zero-order valence-electron chi connectivity index (χ0n) is 12.3. The second kappa shape index (κ2) is 7.36. The van der Waals surface area contributed by atoms with Crippen molar-refractivity contribution in [1.82, 2.24) is 0 Å². The third-order valence-electron chi connectivity index (χ3n) is 3.34. The van der Waals surface area contributed by atoms with Crippen molar-refractivity contribution in [2.24, 2.45) is 0 Å². The van der Waals surface area contributed by atoms with Crippen LogP contribution in [0.4, 0.5) is 11.4 Å². The molecule has 3 rings (SSSR count). The van der Waals surface area contributed by atoms with Crippen LogP contribution in [-0.4, -0.2) is 15.2 Å². The minimum atomic E-state index is -0.478. The molecule has 1 amide bonds. The summed E-state index contributed by atoms with van der Waals surface area (Å²) in [5.41, 5.74) is 1.18. The molecule has 1 fully saturated rings. The molecule has 0 spiro atoms. The number of hydrogen-bond donors (Lipinski definition) is 0. The van der Waals surface area contributed by atoms with Gasteiger partial charge in [0.05, 0.1) is 20.0 Å². The van der Waals surface area contributed by atoms with Crippen molar-refractivity contribution in [2.75, 3.05) is 4.90 Å². The molecule has 126 valence electrons. The van der Waals surface area contributed by atoms with Crippen molar-refractivity contribution >= 4 is 83.5 Å². The predicted molar refractivity (Wildman–Crippen MR) is 111 cm³/mol. The Labute approximate surface area is 169 Å². The van der Waals surface area contributed by atoms with Gasteiger partial charge in [0.1, 0.15) is 0 Å². The zero-order valence-corrected chi connectivity index (χ0v) is 17.1. The Morgan fingerprint density at radius 3 is 2.48 bits per heavy atom. The first-order valence-corrected chi connectivity index (χ1v) is 9.65. The van der Waals surface area contributed by atoms with Gasteiger partial charge >= 0.3 is 0 Å². The van der Waals surface area contributed by atoms with Crippen molar-refractivity contribution in [3.05, 3.63) is 72.0 Å². The molecule has 0 radical (unpaired) electrons. The summed E-state index contributed by atoms with van der Waals surface area (Å²) in [5.74, 6) is -0.247. The van der Waals surface area contributed by atoms with Gasteiger partial charge in [0, 0.05) is 10.5 Å². The molecule has 0 bridgehead atoms. The van der Waals surface area contributed by atoms with Crippen molar-refractivity contribution in [3.63, 3.8) is 0 Å². The largest absolute Gasteiger partial charge is 0.284 e. The molecular formula is C16H8Br2N2O3S2. The van der Waals surface area contributed by atoms with E-state index in [1.165, 1.54) is 22.7 Å². The molecule has 2 aromatic rings. The van der Waals surface area contributed by atoms with Gasteiger partial charge in [0.15, 0.2) is 4.32 Å². The van der Waals surface area contributed by atoms with Gasteiger partial charge in [-0.15, -0.1) is 0 Å². The predicted octanol–water partition coefficient (Wildman–Crippen LogP) is 5.53. The van der Waals surface area contributed by atoms with Gasteiger partial charge < -0.3 is 0 Å². The topological polar surface area (TPSA) is 63.4 Å². The smallest absolute Gasteiger partial charge is 0.268 e. The first-order chi connectivity index (χ1) is 11.9. The lowest BCUT2D eigenvalue weighted by Gasteiger charge is -2.14. The van der Waals surface area contributed by atoms with E-state index in [0.29, 0.717) is 24.9 Å². The molecule has 0 saturated carbocycles. The van der Waals surface area contributed by atoms with Crippen LogP contribution < -0.4 is 4.90 Å². The highest BCUT2D eigenvalue weighted by atomic mass is 79.9. The Hall–Kier alpha value is -1.55. The number of thiocarbonyl (C=S) groups is 1. The van der Waals surface area contributed by atoms with E-state index in [2.05, 4.69) is 31.9 Å². The Morgan fingerprint density at radius 1 is 1.16 bits per heavy atom. The van der Waals surface area contributed by atoms with Crippen LogP contribution in [-0.2, 0) is 4.79 Å². The van der Waals surface area contributed by atoms with Gasteiger partial charge in [-0.1, -0.05) is 46.0 Å². The summed E-state index contributed by atoms with van der Waals surface area (Å²) in [6, 6.07) is 11.9. The van der Waals surface area contributed by atoms with Crippen LogP contribution in [0.25, 0.3) is 6.08 Å². The van der Waals surface area contributed by atoms with Crippen molar-refractivity contribution < 1.29 is 9.72 Å². The molecule has 0 aliphatic carbocycles. The average Bonchev–Trinajstić information content (AvgIpc) is 2.84. The first-order valence-electron chi connectivity index (χ1n) is 6.84. The number of anilines is 1. The van der Waals surface area contributed by atoms with Gasteiger partial charge in [0.25, 0.3) is 11.6 Å². The van der Waals surface area contributed by atoms with Gasteiger partial charge in [-0.3, -0.25) is 19.8 Å². The molecule has 1 aliphatic heterocycles. The van der Waals surface area contributed by atoms with Crippen LogP contribution in [0.5, 0.6) is 0 Å². The summed E-state index contributed by atoms with van der Waals surface area (Å²) in [6.07, 6.45) is 1.61. The van der Waals surface area contributed by atoms with Crippen LogP contribution in [0, 0.1) is 10.1 Å². The number of benzene rings is 2. The Morgan fingerprint density at radius 2 is 1.84 bits per heavy atom. The fraction of sp³-hybridized carbons (Fsp3) is 0. The average molecular weight is 500 g/mol. The highest BCUT2D eigenvalue weighted by Gasteiger charge is 2.33. The summed E-state index contributed by atoms with van der Waals surface area (Å²) in [6.45, 7) is 0. The molecule has 1 aliphatic rings. The fourth-order valence-electron chi connectivity index (χ4n) is 2.19. The number of nitro groups is 1. The van der Waals surface area contributed by atoms with Crippen molar-refractivity contribution in [2.45, 2.75) is 0 Å². The Bertz CT molecular complexity index is 929. The second-order valence-corrected chi connectivity index (χ2v) is 8.41. The van der Waals surface area contributed by atoms with Gasteiger partial charge in [-0.05, 0) is 57.9 Å². The maximum absolute atomic E-state index is 12.7. The molecule has 9 heteroatoms. The summed E-state index contributed by atoms with van der Waals surface area (Å²) >= 11 is 13.0. The third kappa shape index (κ3) is 3.84. The van der Waals surface area contributed by atoms with E-state index in [9.17, 15) is 14.9 Å². The van der Waals surface area contributed by atoms with Gasteiger partial charge in [-0.2, -0.15) is 0 Å². The van der Waals surface area contributed by atoms with Crippen LogP contribution in [0.3, 0.4) is 0 Å². The normalized spacial score (nSPS) is 15.9. The monoisotopic (exact) mass is 498 g/mol. The number of carbonyl (C=O) groups is 1. The van der Waals surface area contributed by atoms with E-state index in [4.69, 9.17) is 12.2 Å². The first kappa shape index (κ1) is 18.2. The molecule has 5 nitrogen and oxygen atoms in total. The lowest BCUT2D eigenvalue weighted by Crippen LogP contribution is -2.27. The molecule has 25 heavy (non-hydrogen) atoms. The number of nitro benzene ring substituents is 1. The minimum absolute atomic E-state index is 0.0582. The molecule has 0 aromatic heterocycles. The van der Waals surface area contributed by atoms with E-state index in [-0.39, 0.29) is 11.6 Å². The molecule has 1 saturated heterocycles. The van der Waals surface area contributed by atoms with E-state index in [1.807, 2.05) is 12.1 Å². The number of carbonyl (C=O) groups excluding carboxylic acids is 1. The number of thioether (sulfide) groups is 1. The maximum atomic E-state index is 12.7. The summed E-state index contributed by atoms with van der Waals surface area (Å²) in [5, 5.41) is 11.0. The SMILES string of the molecule is O=C1/C(=C/c2ccc(Br)c([N+](=O)[O-])c2)SC(=S)N1c1ccc(Br)cc1. The fourth-order valence-corrected chi connectivity index (χ4v) is 4.15. The van der Waals surface area contributed by atoms with Crippen LogP contribution in [0.1, 0.15) is 5.56 Å². The van der Waals surface area contributed by atoms with E-state index in [0.717, 1.165) is 4.47 Å². The number of amides is 1. The maximum Gasteiger partial charge on any atom is 0.284 e. The molecule has 2 aromatic carbocycles. The summed E-state index contributed by atoms with van der Waals surface area (Å²) in [7, 11) is 0. The van der Waals surface area contributed by atoms with Crippen LogP contribution in [0.15, 0.2) is 56.3 Å².